The van der Waals surface area contributed by atoms with E-state index in [9.17, 15) is 4.79 Å². The first-order chi connectivity index (χ1) is 9.63. The predicted molar refractivity (Wildman–Crippen MR) is 83.2 cm³/mol. The zero-order valence-corrected chi connectivity index (χ0v) is 12.6. The van der Waals surface area contributed by atoms with Crippen molar-refractivity contribution in [1.82, 2.24) is 10.3 Å². The van der Waals surface area contributed by atoms with Crippen LogP contribution in [-0.4, -0.2) is 16.9 Å². The van der Waals surface area contributed by atoms with Crippen LogP contribution in [0.15, 0.2) is 30.5 Å². The number of rotatable bonds is 5. The van der Waals surface area contributed by atoms with Gasteiger partial charge in [0.15, 0.2) is 0 Å². The number of nitrogens with one attached hydrogen (secondary N) is 1. The van der Waals surface area contributed by atoms with E-state index in [4.69, 9.17) is 11.6 Å². The number of benzene rings is 1. The van der Waals surface area contributed by atoms with Crippen molar-refractivity contribution in [2.24, 2.45) is 0 Å². The lowest BCUT2D eigenvalue weighted by molar-refractivity contribution is 0.0939. The summed E-state index contributed by atoms with van der Waals surface area (Å²) < 4.78 is 0. The molecule has 1 heterocycles. The lowest BCUT2D eigenvalue weighted by Crippen LogP contribution is -2.32. The fraction of sp³-hybridized carbons (Fsp3) is 0.375. The molecule has 0 aliphatic heterocycles. The van der Waals surface area contributed by atoms with Gasteiger partial charge in [-0.1, -0.05) is 55.6 Å². The van der Waals surface area contributed by atoms with Crippen LogP contribution in [-0.2, 0) is 0 Å². The Morgan fingerprint density at radius 1 is 1.35 bits per heavy atom. The Hall–Kier alpha value is -1.61. The third kappa shape index (κ3) is 3.28. The summed E-state index contributed by atoms with van der Waals surface area (Å²) in [6.07, 6.45) is 4.78. The number of halogens is 1. The van der Waals surface area contributed by atoms with E-state index in [1.807, 2.05) is 31.2 Å². The van der Waals surface area contributed by atoms with Crippen LogP contribution in [0.5, 0.6) is 0 Å². The van der Waals surface area contributed by atoms with E-state index in [-0.39, 0.29) is 11.9 Å². The number of carbonyl (C=O) groups excluding carboxylic acids is 1. The van der Waals surface area contributed by atoms with E-state index in [2.05, 4.69) is 17.2 Å². The molecule has 0 aliphatic carbocycles. The molecule has 20 heavy (non-hydrogen) atoms. The SMILES string of the molecule is CCCCC(C)NC(=O)c1cnc(Cl)c2ccccc12. The molecule has 1 atom stereocenters. The molecule has 2 rings (SSSR count). The second kappa shape index (κ2) is 6.71. The molecule has 106 valence electrons. The van der Waals surface area contributed by atoms with E-state index in [0.29, 0.717) is 10.7 Å². The van der Waals surface area contributed by atoms with Crippen LogP contribution >= 0.6 is 11.6 Å². The molecule has 0 saturated heterocycles. The zero-order valence-electron chi connectivity index (χ0n) is 11.8. The number of carbonyl (C=O) groups is 1. The second-order valence-corrected chi connectivity index (χ2v) is 5.38. The summed E-state index contributed by atoms with van der Waals surface area (Å²) >= 11 is 6.07. The third-order valence-electron chi connectivity index (χ3n) is 3.36. The van der Waals surface area contributed by atoms with Gasteiger partial charge in [0, 0.05) is 17.6 Å². The van der Waals surface area contributed by atoms with Crippen LogP contribution in [0.1, 0.15) is 43.5 Å². The van der Waals surface area contributed by atoms with Crippen LogP contribution in [0.4, 0.5) is 0 Å². The molecule has 0 aliphatic rings. The molecule has 1 unspecified atom stereocenters. The van der Waals surface area contributed by atoms with Gasteiger partial charge in [-0.05, 0) is 18.7 Å². The van der Waals surface area contributed by atoms with Crippen LogP contribution in [0, 0.1) is 0 Å². The van der Waals surface area contributed by atoms with Gasteiger partial charge in [0.2, 0.25) is 0 Å². The fourth-order valence-corrected chi connectivity index (χ4v) is 2.44. The molecule has 3 nitrogen and oxygen atoms in total. The number of amides is 1. The molecule has 1 N–H and O–H groups in total. The van der Waals surface area contributed by atoms with Gasteiger partial charge in [-0.25, -0.2) is 4.98 Å². The Kier molecular flexibility index (Phi) is 4.96. The molecule has 2 aromatic rings. The van der Waals surface area contributed by atoms with Gasteiger partial charge < -0.3 is 5.32 Å². The van der Waals surface area contributed by atoms with Crippen molar-refractivity contribution in [2.45, 2.75) is 39.2 Å². The van der Waals surface area contributed by atoms with Crippen molar-refractivity contribution < 1.29 is 4.79 Å². The van der Waals surface area contributed by atoms with Crippen molar-refractivity contribution in [3.8, 4) is 0 Å². The average molecular weight is 291 g/mol. The molecule has 0 spiro atoms. The van der Waals surface area contributed by atoms with E-state index in [0.717, 1.165) is 30.0 Å². The van der Waals surface area contributed by atoms with Crippen LogP contribution in [0.25, 0.3) is 10.8 Å². The normalized spacial score (nSPS) is 12.3. The number of hydrogen-bond donors (Lipinski definition) is 1. The summed E-state index contributed by atoms with van der Waals surface area (Å²) in [7, 11) is 0. The van der Waals surface area contributed by atoms with Crippen molar-refractivity contribution in [2.75, 3.05) is 0 Å². The fourth-order valence-electron chi connectivity index (χ4n) is 2.22. The van der Waals surface area contributed by atoms with Crippen molar-refractivity contribution in [3.05, 3.63) is 41.2 Å². The van der Waals surface area contributed by atoms with Gasteiger partial charge in [0.1, 0.15) is 5.15 Å². The van der Waals surface area contributed by atoms with E-state index >= 15 is 0 Å². The maximum Gasteiger partial charge on any atom is 0.253 e. The number of pyridine rings is 1. The number of nitrogens with zero attached hydrogens (tertiary/aromatic N) is 1. The summed E-state index contributed by atoms with van der Waals surface area (Å²) in [5.74, 6) is -0.0889. The zero-order chi connectivity index (χ0) is 14.5. The third-order valence-corrected chi connectivity index (χ3v) is 3.66. The van der Waals surface area contributed by atoms with E-state index < -0.39 is 0 Å². The van der Waals surface area contributed by atoms with Crippen molar-refractivity contribution in [3.63, 3.8) is 0 Å². The highest BCUT2D eigenvalue weighted by atomic mass is 35.5. The first kappa shape index (κ1) is 14.8. The monoisotopic (exact) mass is 290 g/mol. The lowest BCUT2D eigenvalue weighted by atomic mass is 10.1. The van der Waals surface area contributed by atoms with Gasteiger partial charge in [-0.2, -0.15) is 0 Å². The van der Waals surface area contributed by atoms with E-state index in [1.54, 1.807) is 6.20 Å². The molecular weight excluding hydrogens is 272 g/mol. The van der Waals surface area contributed by atoms with Gasteiger partial charge in [-0.15, -0.1) is 0 Å². The largest absolute Gasteiger partial charge is 0.350 e. The smallest absolute Gasteiger partial charge is 0.253 e. The van der Waals surface area contributed by atoms with Crippen molar-refractivity contribution in [1.29, 1.82) is 0 Å². The summed E-state index contributed by atoms with van der Waals surface area (Å²) in [6, 6.07) is 7.73. The molecular formula is C16H19ClN2O. The van der Waals surface area contributed by atoms with E-state index in [1.165, 1.54) is 0 Å². The molecule has 0 saturated carbocycles. The molecule has 1 amide bonds. The van der Waals surface area contributed by atoms with Gasteiger partial charge >= 0.3 is 0 Å². The summed E-state index contributed by atoms with van der Waals surface area (Å²) in [5.41, 5.74) is 0.577. The maximum atomic E-state index is 12.3. The Morgan fingerprint density at radius 2 is 2.05 bits per heavy atom. The minimum absolute atomic E-state index is 0.0889. The van der Waals surface area contributed by atoms with Gasteiger partial charge in [0.05, 0.1) is 5.56 Å². The first-order valence-corrected chi connectivity index (χ1v) is 7.35. The Balaban J connectivity index is 2.24. The summed E-state index contributed by atoms with van der Waals surface area (Å²) in [5, 5.41) is 5.10. The number of fused-ring (bicyclic) bond motifs is 1. The molecule has 1 aromatic heterocycles. The lowest BCUT2D eigenvalue weighted by Gasteiger charge is -2.14. The second-order valence-electron chi connectivity index (χ2n) is 5.03. The summed E-state index contributed by atoms with van der Waals surface area (Å²) in [6.45, 7) is 4.17. The Labute approximate surface area is 124 Å². The highest BCUT2D eigenvalue weighted by molar-refractivity contribution is 6.34. The summed E-state index contributed by atoms with van der Waals surface area (Å²) in [4.78, 5) is 16.5. The quantitative estimate of drug-likeness (QED) is 0.839. The number of unbranched alkanes of at least 4 members (excludes halogenated alkanes) is 1. The molecule has 4 heteroatoms. The minimum Gasteiger partial charge on any atom is -0.350 e. The Bertz CT molecular complexity index is 612. The van der Waals surface area contributed by atoms with Gasteiger partial charge in [-0.3, -0.25) is 4.79 Å². The maximum absolute atomic E-state index is 12.3. The number of hydrogen-bond acceptors (Lipinski definition) is 2. The average Bonchev–Trinajstić information content (AvgIpc) is 2.45. The Morgan fingerprint density at radius 3 is 2.75 bits per heavy atom. The predicted octanol–water partition coefficient (Wildman–Crippen LogP) is 4.20. The van der Waals surface area contributed by atoms with Crippen LogP contribution < -0.4 is 5.32 Å². The standard InChI is InChI=1S/C16H19ClN2O/c1-3-4-7-11(2)19-16(20)14-10-18-15(17)13-9-6-5-8-12(13)14/h5-6,8-11H,3-4,7H2,1-2H3,(H,19,20). The number of aromatic nitrogens is 1. The van der Waals surface area contributed by atoms with Crippen molar-refractivity contribution >= 4 is 28.3 Å². The molecule has 0 radical (unpaired) electrons. The molecule has 0 fully saturated rings. The van der Waals surface area contributed by atoms with Crippen LogP contribution in [0.2, 0.25) is 5.15 Å². The molecule has 0 bridgehead atoms. The topological polar surface area (TPSA) is 42.0 Å². The minimum atomic E-state index is -0.0889. The van der Waals surface area contributed by atoms with Gasteiger partial charge in [0.25, 0.3) is 5.91 Å². The molecule has 1 aromatic carbocycles. The van der Waals surface area contributed by atoms with Crippen LogP contribution in [0.3, 0.4) is 0 Å². The first-order valence-electron chi connectivity index (χ1n) is 6.97. The highest BCUT2D eigenvalue weighted by Gasteiger charge is 2.14. The highest BCUT2D eigenvalue weighted by Crippen LogP contribution is 2.24.